The summed E-state index contributed by atoms with van der Waals surface area (Å²) < 4.78 is 4.79. The predicted octanol–water partition coefficient (Wildman–Crippen LogP) is 0.594. The minimum atomic E-state index is -0.317. The number of nitrogens with two attached hydrogens (primary N) is 1. The number of hydrogen-bond donors (Lipinski definition) is 2. The third kappa shape index (κ3) is 2.62. The maximum Gasteiger partial charge on any atom is 0.255 e. The maximum atomic E-state index is 11.8. The Bertz CT molecular complexity index is 579. The number of amides is 1. The van der Waals surface area contributed by atoms with Gasteiger partial charge in [-0.3, -0.25) is 9.78 Å². The van der Waals surface area contributed by atoms with Gasteiger partial charge in [-0.15, -0.1) is 0 Å². The lowest BCUT2D eigenvalue weighted by molar-refractivity contribution is 0.0950. The van der Waals surface area contributed by atoms with Gasteiger partial charge in [-0.2, -0.15) is 4.98 Å². The van der Waals surface area contributed by atoms with Crippen molar-refractivity contribution in [3.05, 3.63) is 35.2 Å². The second-order valence-electron chi connectivity index (χ2n) is 3.83. The minimum absolute atomic E-state index is 0.184. The molecule has 0 radical (unpaired) electrons. The van der Waals surface area contributed by atoms with E-state index in [1.165, 1.54) is 6.20 Å². The molecule has 7 nitrogen and oxygen atoms in total. The van der Waals surface area contributed by atoms with Gasteiger partial charge in [-0.25, -0.2) is 0 Å². The van der Waals surface area contributed by atoms with Gasteiger partial charge in [-0.1, -0.05) is 5.16 Å². The summed E-state index contributed by atoms with van der Waals surface area (Å²) in [6.07, 6.45) is 1.45. The zero-order valence-corrected chi connectivity index (χ0v) is 10.1. The Hall–Kier alpha value is -2.44. The van der Waals surface area contributed by atoms with Crippen LogP contribution in [0.3, 0.4) is 0 Å². The smallest absolute Gasteiger partial charge is 0.255 e. The zero-order valence-electron chi connectivity index (χ0n) is 10.1. The lowest BCUT2D eigenvalue weighted by Crippen LogP contribution is -2.24. The number of rotatable bonds is 3. The number of aromatic nitrogens is 3. The highest BCUT2D eigenvalue weighted by Crippen LogP contribution is 2.11. The molecule has 0 aromatic carbocycles. The van der Waals surface area contributed by atoms with Gasteiger partial charge in [0.05, 0.1) is 12.1 Å². The van der Waals surface area contributed by atoms with E-state index in [9.17, 15) is 4.79 Å². The topological polar surface area (TPSA) is 107 Å². The number of pyridine rings is 1. The summed E-state index contributed by atoms with van der Waals surface area (Å²) in [4.78, 5) is 19.8. The normalized spacial score (nSPS) is 10.3. The van der Waals surface area contributed by atoms with Crippen LogP contribution in [0, 0.1) is 13.8 Å². The van der Waals surface area contributed by atoms with E-state index in [0.717, 1.165) is 5.69 Å². The molecule has 0 saturated carbocycles. The molecule has 0 atom stereocenters. The molecule has 2 aromatic rings. The SMILES string of the molecule is Cc1cc(N)c(C(=O)NCc2noc(C)n2)cn1. The lowest BCUT2D eigenvalue weighted by atomic mass is 10.2. The number of hydrogen-bond acceptors (Lipinski definition) is 6. The van der Waals surface area contributed by atoms with E-state index in [4.69, 9.17) is 10.3 Å². The molecule has 0 fully saturated rings. The molecule has 0 bridgehead atoms. The Morgan fingerprint density at radius 2 is 2.28 bits per heavy atom. The quantitative estimate of drug-likeness (QED) is 0.822. The number of aryl methyl sites for hydroxylation is 2. The van der Waals surface area contributed by atoms with Crippen LogP contribution in [0.15, 0.2) is 16.8 Å². The molecule has 3 N–H and O–H groups in total. The fourth-order valence-electron chi connectivity index (χ4n) is 1.44. The van der Waals surface area contributed by atoms with Gasteiger partial charge < -0.3 is 15.6 Å². The van der Waals surface area contributed by atoms with E-state index in [1.807, 2.05) is 0 Å². The molecule has 7 heteroatoms. The molecule has 94 valence electrons. The summed E-state index contributed by atoms with van der Waals surface area (Å²) in [7, 11) is 0. The molecular weight excluding hydrogens is 234 g/mol. The second kappa shape index (κ2) is 4.82. The Kier molecular flexibility index (Phi) is 3.22. The highest BCUT2D eigenvalue weighted by molar-refractivity contribution is 5.98. The Balaban J connectivity index is 2.03. The van der Waals surface area contributed by atoms with Crippen molar-refractivity contribution in [1.82, 2.24) is 20.4 Å². The average molecular weight is 247 g/mol. The van der Waals surface area contributed by atoms with Gasteiger partial charge in [-0.05, 0) is 13.0 Å². The third-order valence-corrected chi connectivity index (χ3v) is 2.29. The predicted molar refractivity (Wildman–Crippen MR) is 63.6 cm³/mol. The molecule has 0 aliphatic carbocycles. The molecule has 2 aromatic heterocycles. The number of anilines is 1. The van der Waals surface area contributed by atoms with Gasteiger partial charge >= 0.3 is 0 Å². The van der Waals surface area contributed by atoms with Crippen molar-refractivity contribution in [3.8, 4) is 0 Å². The van der Waals surface area contributed by atoms with Crippen molar-refractivity contribution in [2.45, 2.75) is 20.4 Å². The van der Waals surface area contributed by atoms with Crippen LogP contribution in [-0.4, -0.2) is 21.0 Å². The number of nitrogens with one attached hydrogen (secondary N) is 1. The molecule has 2 heterocycles. The van der Waals surface area contributed by atoms with Crippen LogP contribution in [0.1, 0.15) is 27.8 Å². The first-order chi connectivity index (χ1) is 8.56. The van der Waals surface area contributed by atoms with Gasteiger partial charge in [0, 0.05) is 24.5 Å². The largest absolute Gasteiger partial charge is 0.398 e. The van der Waals surface area contributed by atoms with Crippen molar-refractivity contribution in [3.63, 3.8) is 0 Å². The molecule has 0 aliphatic heterocycles. The number of carbonyl (C=O) groups excluding carboxylic acids is 1. The Morgan fingerprint density at radius 3 is 2.89 bits per heavy atom. The van der Waals surface area contributed by atoms with Gasteiger partial charge in [0.15, 0.2) is 5.82 Å². The lowest BCUT2D eigenvalue weighted by Gasteiger charge is -2.05. The highest BCUT2D eigenvalue weighted by atomic mass is 16.5. The fraction of sp³-hybridized carbons (Fsp3) is 0.273. The van der Waals surface area contributed by atoms with Crippen molar-refractivity contribution in [2.24, 2.45) is 0 Å². The van der Waals surface area contributed by atoms with Crippen LogP contribution in [0.2, 0.25) is 0 Å². The number of nitrogen functional groups attached to an aromatic ring is 1. The van der Waals surface area contributed by atoms with E-state index >= 15 is 0 Å². The molecule has 0 aliphatic rings. The fourth-order valence-corrected chi connectivity index (χ4v) is 1.44. The van der Waals surface area contributed by atoms with Gasteiger partial charge in [0.1, 0.15) is 0 Å². The number of nitrogens with zero attached hydrogens (tertiary/aromatic N) is 3. The standard InChI is InChI=1S/C11H13N5O2/c1-6-3-9(12)8(4-13-6)11(17)14-5-10-15-7(2)18-16-10/h3-4H,5H2,1-2H3,(H2,12,13)(H,14,17). The summed E-state index contributed by atoms with van der Waals surface area (Å²) >= 11 is 0. The van der Waals surface area contributed by atoms with E-state index in [0.29, 0.717) is 23.0 Å². The molecular formula is C11H13N5O2. The van der Waals surface area contributed by atoms with Crippen molar-refractivity contribution < 1.29 is 9.32 Å². The highest BCUT2D eigenvalue weighted by Gasteiger charge is 2.11. The molecule has 0 saturated heterocycles. The van der Waals surface area contributed by atoms with E-state index in [1.54, 1.807) is 19.9 Å². The molecule has 0 unspecified atom stereocenters. The van der Waals surface area contributed by atoms with Crippen LogP contribution in [0.4, 0.5) is 5.69 Å². The maximum absolute atomic E-state index is 11.8. The Labute approximate surface area is 103 Å². The average Bonchev–Trinajstić information content (AvgIpc) is 2.72. The van der Waals surface area contributed by atoms with Crippen LogP contribution in [0.25, 0.3) is 0 Å². The van der Waals surface area contributed by atoms with E-state index in [2.05, 4.69) is 20.4 Å². The van der Waals surface area contributed by atoms with Crippen LogP contribution in [-0.2, 0) is 6.54 Å². The second-order valence-corrected chi connectivity index (χ2v) is 3.83. The van der Waals surface area contributed by atoms with E-state index < -0.39 is 0 Å². The molecule has 0 spiro atoms. The van der Waals surface area contributed by atoms with Crippen LogP contribution < -0.4 is 11.1 Å². The van der Waals surface area contributed by atoms with Gasteiger partial charge in [0.25, 0.3) is 5.91 Å². The van der Waals surface area contributed by atoms with Gasteiger partial charge in [0.2, 0.25) is 5.89 Å². The summed E-state index contributed by atoms with van der Waals surface area (Å²) in [5, 5.41) is 6.32. The van der Waals surface area contributed by atoms with Crippen molar-refractivity contribution >= 4 is 11.6 Å². The zero-order chi connectivity index (χ0) is 13.1. The molecule has 2 rings (SSSR count). The first-order valence-corrected chi connectivity index (χ1v) is 5.36. The molecule has 1 amide bonds. The third-order valence-electron chi connectivity index (χ3n) is 2.29. The first-order valence-electron chi connectivity index (χ1n) is 5.36. The summed E-state index contributed by atoms with van der Waals surface area (Å²) in [6.45, 7) is 3.67. The number of carbonyl (C=O) groups is 1. The summed E-state index contributed by atoms with van der Waals surface area (Å²) in [5.41, 5.74) is 7.23. The summed E-state index contributed by atoms with van der Waals surface area (Å²) in [5.74, 6) is 0.553. The van der Waals surface area contributed by atoms with Crippen LogP contribution in [0.5, 0.6) is 0 Å². The van der Waals surface area contributed by atoms with E-state index in [-0.39, 0.29) is 12.5 Å². The van der Waals surface area contributed by atoms with Crippen molar-refractivity contribution in [1.29, 1.82) is 0 Å². The monoisotopic (exact) mass is 247 g/mol. The Morgan fingerprint density at radius 1 is 1.50 bits per heavy atom. The van der Waals surface area contributed by atoms with Crippen molar-refractivity contribution in [2.75, 3.05) is 5.73 Å². The summed E-state index contributed by atoms with van der Waals surface area (Å²) in [6, 6.07) is 1.65. The minimum Gasteiger partial charge on any atom is -0.398 e. The first kappa shape index (κ1) is 12.0. The van der Waals surface area contributed by atoms with Crippen LogP contribution >= 0.6 is 0 Å². The molecule has 18 heavy (non-hydrogen) atoms.